The maximum atomic E-state index is 9.64. The molecule has 0 amide bonds. The highest BCUT2D eigenvalue weighted by Gasteiger charge is 1.95. The van der Waals surface area contributed by atoms with Gasteiger partial charge in [0.05, 0.1) is 0 Å². The molecule has 0 rings (SSSR count). The van der Waals surface area contributed by atoms with E-state index < -0.39 is 0 Å². The first kappa shape index (κ1) is 7.63. The summed E-state index contributed by atoms with van der Waals surface area (Å²) in [4.78, 5) is 9.64. The molecule has 0 saturated heterocycles. The Morgan fingerprint density at radius 3 is 2.75 bits per heavy atom. The quantitative estimate of drug-likeness (QED) is 0.582. The molecule has 0 heterocycles. The molecule has 2 heteroatoms. The number of carbonyl (C=O) groups excluding carboxylic acids is 1. The fraction of sp³-hybridized carbons (Fsp3) is 0.833. The molecule has 0 bridgehead atoms. The standard InChI is InChI=1S/C6H12NO/c1-2-6(7)4-3-5-8/h6H,2-4,7H2,1H3. The molecule has 0 fully saturated rings. The summed E-state index contributed by atoms with van der Waals surface area (Å²) in [5, 5.41) is 0. The topological polar surface area (TPSA) is 43.1 Å². The second kappa shape index (κ2) is 4.78. The van der Waals surface area contributed by atoms with Gasteiger partial charge in [-0.3, -0.25) is 4.79 Å². The van der Waals surface area contributed by atoms with Gasteiger partial charge in [-0.1, -0.05) is 6.92 Å². The van der Waals surface area contributed by atoms with E-state index in [1.165, 1.54) is 0 Å². The molecule has 0 aliphatic heterocycles. The number of nitrogens with two attached hydrogens (primary N) is 1. The molecule has 1 unspecified atom stereocenters. The Balaban J connectivity index is 2.97. The Kier molecular flexibility index (Phi) is 4.56. The molecule has 8 heavy (non-hydrogen) atoms. The smallest absolute Gasteiger partial charge is 0.198 e. The molecule has 2 nitrogen and oxygen atoms in total. The molecule has 2 N–H and O–H groups in total. The van der Waals surface area contributed by atoms with Gasteiger partial charge in [0, 0.05) is 12.5 Å². The van der Waals surface area contributed by atoms with Crippen molar-refractivity contribution in [1.29, 1.82) is 0 Å². The van der Waals surface area contributed by atoms with Crippen LogP contribution in [0.15, 0.2) is 0 Å². The van der Waals surface area contributed by atoms with E-state index in [0.717, 1.165) is 12.8 Å². The van der Waals surface area contributed by atoms with Crippen LogP contribution in [0.25, 0.3) is 0 Å². The van der Waals surface area contributed by atoms with Gasteiger partial charge in [0.15, 0.2) is 6.29 Å². The number of rotatable bonds is 4. The van der Waals surface area contributed by atoms with Gasteiger partial charge in [-0.05, 0) is 12.8 Å². The molecular formula is C6H12NO. The lowest BCUT2D eigenvalue weighted by atomic mass is 10.1. The summed E-state index contributed by atoms with van der Waals surface area (Å²) in [6, 6.07) is 0.191. The summed E-state index contributed by atoms with van der Waals surface area (Å²) in [5.41, 5.74) is 5.48. The largest absolute Gasteiger partial charge is 0.328 e. The van der Waals surface area contributed by atoms with Crippen LogP contribution >= 0.6 is 0 Å². The van der Waals surface area contributed by atoms with E-state index in [9.17, 15) is 4.79 Å². The van der Waals surface area contributed by atoms with Crippen molar-refractivity contribution < 1.29 is 4.79 Å². The van der Waals surface area contributed by atoms with Crippen LogP contribution in [-0.4, -0.2) is 12.3 Å². The average molecular weight is 114 g/mol. The summed E-state index contributed by atoms with van der Waals surface area (Å²) >= 11 is 0. The summed E-state index contributed by atoms with van der Waals surface area (Å²) in [6.07, 6.45) is 4.01. The zero-order valence-electron chi connectivity index (χ0n) is 5.18. The van der Waals surface area contributed by atoms with Crippen LogP contribution in [0.1, 0.15) is 26.2 Å². The van der Waals surface area contributed by atoms with Crippen LogP contribution in [0.4, 0.5) is 0 Å². The van der Waals surface area contributed by atoms with Gasteiger partial charge in [-0.2, -0.15) is 0 Å². The van der Waals surface area contributed by atoms with Crippen molar-refractivity contribution in [3.05, 3.63) is 0 Å². The van der Waals surface area contributed by atoms with Crippen LogP contribution in [0.5, 0.6) is 0 Å². The maximum Gasteiger partial charge on any atom is 0.198 e. The van der Waals surface area contributed by atoms with Gasteiger partial charge >= 0.3 is 0 Å². The fourth-order valence-electron chi connectivity index (χ4n) is 0.448. The van der Waals surface area contributed by atoms with E-state index in [2.05, 4.69) is 0 Å². The second-order valence-corrected chi connectivity index (χ2v) is 1.85. The highest BCUT2D eigenvalue weighted by Crippen LogP contribution is 1.94. The lowest BCUT2D eigenvalue weighted by Gasteiger charge is -2.02. The van der Waals surface area contributed by atoms with Crippen molar-refractivity contribution in [1.82, 2.24) is 0 Å². The molecule has 0 saturated carbocycles. The molecule has 0 aliphatic carbocycles. The lowest BCUT2D eigenvalue weighted by molar-refractivity contribution is 0.535. The molecule has 0 spiro atoms. The summed E-state index contributed by atoms with van der Waals surface area (Å²) < 4.78 is 0. The molecule has 1 atom stereocenters. The van der Waals surface area contributed by atoms with E-state index in [1.807, 2.05) is 6.92 Å². The summed E-state index contributed by atoms with van der Waals surface area (Å²) in [5.74, 6) is 0. The minimum absolute atomic E-state index is 0.191. The molecule has 0 aromatic rings. The highest BCUT2D eigenvalue weighted by molar-refractivity contribution is 5.50. The van der Waals surface area contributed by atoms with Crippen molar-refractivity contribution in [3.8, 4) is 0 Å². The van der Waals surface area contributed by atoms with Crippen molar-refractivity contribution in [2.75, 3.05) is 0 Å². The Morgan fingerprint density at radius 2 is 2.38 bits per heavy atom. The van der Waals surface area contributed by atoms with Gasteiger partial charge in [0.2, 0.25) is 0 Å². The van der Waals surface area contributed by atoms with Crippen LogP contribution in [0.2, 0.25) is 0 Å². The summed E-state index contributed by atoms with van der Waals surface area (Å²) in [7, 11) is 0. The summed E-state index contributed by atoms with van der Waals surface area (Å²) in [6.45, 7) is 2.01. The normalized spacial score (nSPS) is 13.2. The predicted octanol–water partition coefficient (Wildman–Crippen LogP) is 0.614. The van der Waals surface area contributed by atoms with Crippen LogP contribution in [-0.2, 0) is 4.79 Å². The lowest BCUT2D eigenvalue weighted by Crippen LogP contribution is -2.17. The minimum Gasteiger partial charge on any atom is -0.328 e. The van der Waals surface area contributed by atoms with E-state index in [4.69, 9.17) is 5.73 Å². The van der Waals surface area contributed by atoms with E-state index in [0.29, 0.717) is 6.42 Å². The molecule has 0 aliphatic rings. The van der Waals surface area contributed by atoms with Gasteiger partial charge in [0.1, 0.15) is 0 Å². The van der Waals surface area contributed by atoms with Crippen LogP contribution in [0, 0.1) is 0 Å². The zero-order chi connectivity index (χ0) is 6.41. The SMILES string of the molecule is CCC(N)CC[C]=O. The highest BCUT2D eigenvalue weighted by atomic mass is 16.1. The van der Waals surface area contributed by atoms with Gasteiger partial charge in [-0.25, -0.2) is 0 Å². The third-order valence-corrected chi connectivity index (χ3v) is 1.14. The predicted molar refractivity (Wildman–Crippen MR) is 33.2 cm³/mol. The molecular weight excluding hydrogens is 102 g/mol. The van der Waals surface area contributed by atoms with Gasteiger partial charge < -0.3 is 5.73 Å². The monoisotopic (exact) mass is 114 g/mol. The fourth-order valence-corrected chi connectivity index (χ4v) is 0.448. The Morgan fingerprint density at radius 1 is 1.75 bits per heavy atom. The van der Waals surface area contributed by atoms with Crippen molar-refractivity contribution in [2.24, 2.45) is 5.73 Å². The van der Waals surface area contributed by atoms with Gasteiger partial charge in [0.25, 0.3) is 0 Å². The van der Waals surface area contributed by atoms with Crippen molar-refractivity contribution in [2.45, 2.75) is 32.2 Å². The first-order valence-electron chi connectivity index (χ1n) is 2.91. The zero-order valence-corrected chi connectivity index (χ0v) is 5.18. The first-order valence-corrected chi connectivity index (χ1v) is 2.91. The van der Waals surface area contributed by atoms with Crippen LogP contribution in [0.3, 0.4) is 0 Å². The third kappa shape index (κ3) is 3.81. The van der Waals surface area contributed by atoms with Crippen molar-refractivity contribution in [3.63, 3.8) is 0 Å². The molecule has 1 radical (unpaired) electrons. The van der Waals surface area contributed by atoms with E-state index in [1.54, 1.807) is 6.29 Å². The molecule has 0 aromatic carbocycles. The van der Waals surface area contributed by atoms with Crippen LogP contribution < -0.4 is 5.73 Å². The Bertz CT molecular complexity index is 63.5. The maximum absolute atomic E-state index is 9.64. The third-order valence-electron chi connectivity index (χ3n) is 1.14. The second-order valence-electron chi connectivity index (χ2n) is 1.85. The first-order chi connectivity index (χ1) is 3.81. The molecule has 47 valence electrons. The molecule has 0 aromatic heterocycles. The number of hydrogen-bond acceptors (Lipinski definition) is 2. The van der Waals surface area contributed by atoms with E-state index in [-0.39, 0.29) is 6.04 Å². The average Bonchev–Trinajstić information content (AvgIpc) is 1.83. The van der Waals surface area contributed by atoms with Crippen molar-refractivity contribution >= 4 is 6.29 Å². The Hall–Kier alpha value is -0.370. The van der Waals surface area contributed by atoms with E-state index >= 15 is 0 Å². The Labute approximate surface area is 50.1 Å². The number of hydrogen-bond donors (Lipinski definition) is 1. The minimum atomic E-state index is 0.191. The van der Waals surface area contributed by atoms with Gasteiger partial charge in [-0.15, -0.1) is 0 Å².